The minimum atomic E-state index is -0.0351. The summed E-state index contributed by atoms with van der Waals surface area (Å²) in [6.07, 6.45) is 3.39. The van der Waals surface area contributed by atoms with Crippen LogP contribution in [0.3, 0.4) is 0 Å². The Bertz CT molecular complexity index is 479. The molecule has 2 N–H and O–H groups in total. The van der Waals surface area contributed by atoms with E-state index in [0.29, 0.717) is 18.3 Å². The normalized spacial score (nSPS) is 11.9. The van der Waals surface area contributed by atoms with Crippen LogP contribution in [-0.2, 0) is 12.0 Å². The molecule has 2 rings (SSSR count). The zero-order chi connectivity index (χ0) is 11.8. The second-order valence-electron chi connectivity index (χ2n) is 4.71. The largest absolute Gasteiger partial charge is 0.443 e. The number of aromatic nitrogens is 4. The molecule has 0 amide bonds. The Kier molecular flexibility index (Phi) is 2.41. The topological polar surface area (TPSA) is 82.8 Å². The van der Waals surface area contributed by atoms with E-state index in [-0.39, 0.29) is 5.41 Å². The molecule has 2 heterocycles. The predicted octanol–water partition coefficient (Wildman–Crippen LogP) is 1.19. The number of hydrogen-bond donors (Lipinski definition) is 1. The van der Waals surface area contributed by atoms with E-state index in [1.54, 1.807) is 17.1 Å². The molecule has 16 heavy (non-hydrogen) atoms. The molecule has 2 aromatic rings. The molecule has 0 aliphatic rings. The quantitative estimate of drug-likeness (QED) is 0.823. The zero-order valence-corrected chi connectivity index (χ0v) is 9.64. The van der Waals surface area contributed by atoms with Crippen molar-refractivity contribution >= 4 is 5.82 Å². The fourth-order valence-corrected chi connectivity index (χ4v) is 1.26. The van der Waals surface area contributed by atoms with Crippen LogP contribution in [0.2, 0.25) is 0 Å². The average Bonchev–Trinajstić information content (AvgIpc) is 2.74. The molecule has 0 spiro atoms. The summed E-state index contributed by atoms with van der Waals surface area (Å²) in [5.74, 6) is 1.85. The van der Waals surface area contributed by atoms with Crippen LogP contribution < -0.4 is 5.73 Å². The van der Waals surface area contributed by atoms with Gasteiger partial charge in [-0.15, -0.1) is 5.10 Å². The highest BCUT2D eigenvalue weighted by Crippen LogP contribution is 2.22. The minimum absolute atomic E-state index is 0.0351. The molecule has 0 aromatic carbocycles. The highest BCUT2D eigenvalue weighted by atomic mass is 16.4. The lowest BCUT2D eigenvalue weighted by molar-refractivity contribution is 0.371. The standard InChI is InChI=1S/C10H15N5O/c1-10(2,3)7-4-12-9(16-7)6-15-5-8(11)13-14-15/h4-5H,6,11H2,1-3H3. The van der Waals surface area contributed by atoms with Gasteiger partial charge in [-0.1, -0.05) is 26.0 Å². The van der Waals surface area contributed by atoms with Crippen LogP contribution in [-0.4, -0.2) is 20.0 Å². The second kappa shape index (κ2) is 3.62. The lowest BCUT2D eigenvalue weighted by Gasteiger charge is -2.12. The molecular weight excluding hydrogens is 206 g/mol. The number of nitrogens with zero attached hydrogens (tertiary/aromatic N) is 4. The monoisotopic (exact) mass is 221 g/mol. The van der Waals surface area contributed by atoms with E-state index < -0.39 is 0 Å². The first-order valence-electron chi connectivity index (χ1n) is 5.06. The number of rotatable bonds is 2. The second-order valence-corrected chi connectivity index (χ2v) is 4.71. The van der Waals surface area contributed by atoms with Gasteiger partial charge in [0, 0.05) is 5.41 Å². The van der Waals surface area contributed by atoms with Crippen molar-refractivity contribution < 1.29 is 4.42 Å². The lowest BCUT2D eigenvalue weighted by atomic mass is 9.94. The molecule has 6 heteroatoms. The van der Waals surface area contributed by atoms with Gasteiger partial charge in [0.2, 0.25) is 5.89 Å². The zero-order valence-electron chi connectivity index (χ0n) is 9.64. The van der Waals surface area contributed by atoms with Gasteiger partial charge in [0.1, 0.15) is 12.3 Å². The highest BCUT2D eigenvalue weighted by Gasteiger charge is 2.19. The van der Waals surface area contributed by atoms with Crippen LogP contribution in [0.1, 0.15) is 32.4 Å². The van der Waals surface area contributed by atoms with Crippen LogP contribution in [0.15, 0.2) is 16.8 Å². The molecule has 0 unspecified atom stereocenters. The van der Waals surface area contributed by atoms with E-state index in [1.807, 2.05) is 0 Å². The molecule has 2 aromatic heterocycles. The van der Waals surface area contributed by atoms with Crippen molar-refractivity contribution in [1.82, 2.24) is 20.0 Å². The van der Waals surface area contributed by atoms with Crippen LogP contribution in [0.5, 0.6) is 0 Å². The molecule has 0 fully saturated rings. The maximum Gasteiger partial charge on any atom is 0.216 e. The van der Waals surface area contributed by atoms with Crippen LogP contribution >= 0.6 is 0 Å². The minimum Gasteiger partial charge on any atom is -0.443 e. The van der Waals surface area contributed by atoms with Crippen molar-refractivity contribution in [2.24, 2.45) is 0 Å². The number of hydrogen-bond acceptors (Lipinski definition) is 5. The maximum atomic E-state index is 5.62. The Morgan fingerprint density at radius 1 is 1.44 bits per heavy atom. The summed E-state index contributed by atoms with van der Waals surface area (Å²) in [7, 11) is 0. The molecule has 86 valence electrons. The van der Waals surface area contributed by atoms with Gasteiger partial charge in [0.15, 0.2) is 5.82 Å². The summed E-state index contributed by atoms with van der Waals surface area (Å²) in [6.45, 7) is 6.67. The predicted molar refractivity (Wildman–Crippen MR) is 58.7 cm³/mol. The van der Waals surface area contributed by atoms with E-state index in [4.69, 9.17) is 10.2 Å². The summed E-state index contributed by atoms with van der Waals surface area (Å²) in [5, 5.41) is 7.51. The Morgan fingerprint density at radius 2 is 2.19 bits per heavy atom. The fraction of sp³-hybridized carbons (Fsp3) is 0.500. The molecular formula is C10H15N5O. The average molecular weight is 221 g/mol. The highest BCUT2D eigenvalue weighted by molar-refractivity contribution is 5.20. The van der Waals surface area contributed by atoms with Gasteiger partial charge in [0.05, 0.1) is 12.4 Å². The van der Waals surface area contributed by atoms with E-state index in [2.05, 4.69) is 36.1 Å². The van der Waals surface area contributed by atoms with Crippen molar-refractivity contribution in [3.63, 3.8) is 0 Å². The first-order chi connectivity index (χ1) is 7.45. The van der Waals surface area contributed by atoms with Gasteiger partial charge in [0.25, 0.3) is 0 Å². The Balaban J connectivity index is 2.14. The number of nitrogens with two attached hydrogens (primary N) is 1. The Morgan fingerprint density at radius 3 is 2.69 bits per heavy atom. The van der Waals surface area contributed by atoms with Gasteiger partial charge < -0.3 is 10.2 Å². The van der Waals surface area contributed by atoms with E-state index in [9.17, 15) is 0 Å². The summed E-state index contributed by atoms with van der Waals surface area (Å²) in [4.78, 5) is 4.19. The van der Waals surface area contributed by atoms with Crippen molar-refractivity contribution in [3.8, 4) is 0 Å². The lowest BCUT2D eigenvalue weighted by Crippen LogP contribution is -2.09. The van der Waals surface area contributed by atoms with Crippen molar-refractivity contribution in [2.45, 2.75) is 32.7 Å². The molecule has 0 atom stereocenters. The summed E-state index contributed by atoms with van der Waals surface area (Å²) in [5.41, 5.74) is 5.43. The van der Waals surface area contributed by atoms with Gasteiger partial charge in [-0.3, -0.25) is 0 Å². The van der Waals surface area contributed by atoms with Gasteiger partial charge in [-0.25, -0.2) is 9.67 Å². The Hall–Kier alpha value is -1.85. The molecule has 0 aliphatic heterocycles. The molecule has 0 saturated carbocycles. The van der Waals surface area contributed by atoms with Gasteiger partial charge in [-0.2, -0.15) is 0 Å². The van der Waals surface area contributed by atoms with Crippen LogP contribution in [0, 0.1) is 0 Å². The first-order valence-corrected chi connectivity index (χ1v) is 5.06. The third-order valence-electron chi connectivity index (χ3n) is 2.15. The van der Waals surface area contributed by atoms with Crippen molar-refractivity contribution in [3.05, 3.63) is 24.0 Å². The first kappa shape index (κ1) is 10.7. The Labute approximate surface area is 93.5 Å². The van der Waals surface area contributed by atoms with Crippen molar-refractivity contribution in [1.29, 1.82) is 0 Å². The van der Waals surface area contributed by atoms with E-state index in [1.165, 1.54) is 0 Å². The third-order valence-corrected chi connectivity index (χ3v) is 2.15. The SMILES string of the molecule is CC(C)(C)c1cnc(Cn2cc(N)nn2)o1. The molecule has 0 bridgehead atoms. The third kappa shape index (κ3) is 2.21. The van der Waals surface area contributed by atoms with Crippen LogP contribution in [0.4, 0.5) is 5.82 Å². The maximum absolute atomic E-state index is 5.62. The smallest absolute Gasteiger partial charge is 0.216 e. The fourth-order valence-electron chi connectivity index (χ4n) is 1.26. The van der Waals surface area contributed by atoms with Crippen LogP contribution in [0.25, 0.3) is 0 Å². The van der Waals surface area contributed by atoms with Crippen molar-refractivity contribution in [2.75, 3.05) is 5.73 Å². The molecule has 6 nitrogen and oxygen atoms in total. The molecule has 0 aliphatic carbocycles. The summed E-state index contributed by atoms with van der Waals surface area (Å²) in [6, 6.07) is 0. The van der Waals surface area contributed by atoms with E-state index >= 15 is 0 Å². The number of oxazole rings is 1. The summed E-state index contributed by atoms with van der Waals surface area (Å²) < 4.78 is 7.21. The van der Waals surface area contributed by atoms with Gasteiger partial charge in [-0.05, 0) is 0 Å². The number of nitrogen functional groups attached to an aromatic ring is 1. The molecule has 0 radical (unpaired) electrons. The number of anilines is 1. The summed E-state index contributed by atoms with van der Waals surface area (Å²) >= 11 is 0. The molecule has 0 saturated heterocycles. The van der Waals surface area contributed by atoms with E-state index in [0.717, 1.165) is 5.76 Å². The van der Waals surface area contributed by atoms with Gasteiger partial charge >= 0.3 is 0 Å².